The van der Waals surface area contributed by atoms with Crippen molar-refractivity contribution >= 4 is 27.5 Å². The molecule has 2 aromatic heterocycles. The number of hydrogen-bond acceptors (Lipinski definition) is 4. The third kappa shape index (κ3) is 2.67. The van der Waals surface area contributed by atoms with E-state index in [0.29, 0.717) is 6.54 Å². The van der Waals surface area contributed by atoms with Crippen LogP contribution in [0.1, 0.15) is 22.0 Å². The lowest BCUT2D eigenvalue weighted by atomic mass is 10.1. The number of aliphatic carboxylic acids is 1. The molecular weight excluding hydrogens is 286 g/mol. The summed E-state index contributed by atoms with van der Waals surface area (Å²) in [6, 6.07) is 8.01. The van der Waals surface area contributed by atoms with E-state index in [-0.39, 0.29) is 6.42 Å². The van der Waals surface area contributed by atoms with E-state index < -0.39 is 5.97 Å². The molecule has 0 unspecified atom stereocenters. The first kappa shape index (κ1) is 13.8. The number of aromatic nitrogens is 3. The Hall–Kier alpha value is -2.21. The molecule has 0 aliphatic rings. The summed E-state index contributed by atoms with van der Waals surface area (Å²) < 4.78 is 2.99. The lowest BCUT2D eigenvalue weighted by Crippen LogP contribution is -2.05. The minimum absolute atomic E-state index is 0.0114. The van der Waals surface area contributed by atoms with Crippen LogP contribution in [0.5, 0.6) is 0 Å². The van der Waals surface area contributed by atoms with Gasteiger partial charge in [0.05, 0.1) is 28.9 Å². The highest BCUT2D eigenvalue weighted by atomic mass is 32.1. The predicted molar refractivity (Wildman–Crippen MR) is 81.8 cm³/mol. The van der Waals surface area contributed by atoms with E-state index in [1.165, 1.54) is 0 Å². The summed E-state index contributed by atoms with van der Waals surface area (Å²) in [6.45, 7) is 4.33. The summed E-state index contributed by atoms with van der Waals surface area (Å²) in [7, 11) is 0. The average molecular weight is 301 g/mol. The molecule has 0 bridgehead atoms. The van der Waals surface area contributed by atoms with Gasteiger partial charge in [-0.2, -0.15) is 5.10 Å². The van der Waals surface area contributed by atoms with Crippen LogP contribution in [0, 0.1) is 13.8 Å². The lowest BCUT2D eigenvalue weighted by Gasteiger charge is -2.02. The minimum Gasteiger partial charge on any atom is -0.481 e. The zero-order valence-corrected chi connectivity index (χ0v) is 12.6. The molecule has 108 valence electrons. The van der Waals surface area contributed by atoms with Crippen molar-refractivity contribution in [1.82, 2.24) is 14.8 Å². The molecule has 3 rings (SSSR count). The summed E-state index contributed by atoms with van der Waals surface area (Å²) in [5, 5.41) is 14.4. The Kier molecular flexibility index (Phi) is 3.47. The Morgan fingerprint density at radius 1 is 1.33 bits per heavy atom. The van der Waals surface area contributed by atoms with Crippen molar-refractivity contribution in [1.29, 1.82) is 0 Å². The summed E-state index contributed by atoms with van der Waals surface area (Å²) in [6.07, 6.45) is 0.0114. The second kappa shape index (κ2) is 5.29. The Morgan fingerprint density at radius 3 is 2.81 bits per heavy atom. The molecule has 0 aliphatic heterocycles. The van der Waals surface area contributed by atoms with Crippen LogP contribution in [0.15, 0.2) is 24.3 Å². The van der Waals surface area contributed by atoms with Gasteiger partial charge in [-0.15, -0.1) is 11.3 Å². The zero-order chi connectivity index (χ0) is 15.0. The fourth-order valence-corrected chi connectivity index (χ4v) is 3.36. The highest BCUT2D eigenvalue weighted by Gasteiger charge is 2.15. The molecule has 0 atom stereocenters. The number of fused-ring (bicyclic) bond motifs is 1. The van der Waals surface area contributed by atoms with Crippen LogP contribution >= 0.6 is 11.3 Å². The molecule has 1 aromatic carbocycles. The Labute approximate surface area is 125 Å². The van der Waals surface area contributed by atoms with Crippen LogP contribution in [-0.4, -0.2) is 25.8 Å². The zero-order valence-electron chi connectivity index (χ0n) is 11.8. The molecule has 1 N–H and O–H groups in total. The van der Waals surface area contributed by atoms with Gasteiger partial charge in [-0.05, 0) is 26.0 Å². The van der Waals surface area contributed by atoms with E-state index in [1.807, 2.05) is 42.8 Å². The molecule has 2 heterocycles. The largest absolute Gasteiger partial charge is 0.481 e. The summed E-state index contributed by atoms with van der Waals surface area (Å²) in [5.74, 6) is -0.833. The number of hydrogen-bond donors (Lipinski definition) is 1. The van der Waals surface area contributed by atoms with Crippen molar-refractivity contribution in [3.63, 3.8) is 0 Å². The number of para-hydroxylation sites is 1. The van der Waals surface area contributed by atoms with Crippen molar-refractivity contribution in [3.05, 3.63) is 46.2 Å². The van der Waals surface area contributed by atoms with Gasteiger partial charge in [0.1, 0.15) is 5.01 Å². The minimum atomic E-state index is -0.833. The summed E-state index contributed by atoms with van der Waals surface area (Å²) in [4.78, 5) is 15.5. The molecule has 0 saturated carbocycles. The second-order valence-corrected chi connectivity index (χ2v) is 6.07. The summed E-state index contributed by atoms with van der Waals surface area (Å²) in [5.41, 5.74) is 3.46. The third-order valence-electron chi connectivity index (χ3n) is 3.48. The van der Waals surface area contributed by atoms with Gasteiger partial charge in [0.2, 0.25) is 0 Å². The standard InChI is InChI=1S/C15H15N3O2S/c1-9-11(7-15(19)20)10(2)18(17-9)8-14-16-12-5-3-4-6-13(12)21-14/h3-6H,7-8H2,1-2H3,(H,19,20). The Morgan fingerprint density at radius 2 is 2.10 bits per heavy atom. The number of nitrogens with zero attached hydrogens (tertiary/aromatic N) is 3. The molecular formula is C15H15N3O2S. The number of carboxylic acid groups (broad SMARTS) is 1. The van der Waals surface area contributed by atoms with Crippen molar-refractivity contribution in [2.75, 3.05) is 0 Å². The second-order valence-electron chi connectivity index (χ2n) is 4.95. The van der Waals surface area contributed by atoms with Crippen molar-refractivity contribution in [2.45, 2.75) is 26.8 Å². The Bertz CT molecular complexity index is 787. The maximum absolute atomic E-state index is 10.9. The average Bonchev–Trinajstić information content (AvgIpc) is 2.94. The number of carboxylic acids is 1. The molecule has 5 nitrogen and oxygen atoms in total. The normalized spacial score (nSPS) is 11.1. The Balaban J connectivity index is 1.92. The van der Waals surface area contributed by atoms with Crippen molar-refractivity contribution in [2.24, 2.45) is 0 Å². The van der Waals surface area contributed by atoms with Gasteiger partial charge in [0.25, 0.3) is 0 Å². The quantitative estimate of drug-likeness (QED) is 0.804. The van der Waals surface area contributed by atoms with Gasteiger partial charge in [-0.1, -0.05) is 12.1 Å². The van der Waals surface area contributed by atoms with Gasteiger partial charge in [-0.3, -0.25) is 9.48 Å². The van der Waals surface area contributed by atoms with Crippen LogP contribution < -0.4 is 0 Å². The highest BCUT2D eigenvalue weighted by Crippen LogP contribution is 2.23. The first-order valence-corrected chi connectivity index (χ1v) is 7.45. The van der Waals surface area contributed by atoms with Gasteiger partial charge in [0.15, 0.2) is 0 Å². The van der Waals surface area contributed by atoms with Crippen LogP contribution in [0.25, 0.3) is 10.2 Å². The molecule has 0 amide bonds. The molecule has 0 saturated heterocycles. The van der Waals surface area contributed by atoms with E-state index in [2.05, 4.69) is 10.1 Å². The van der Waals surface area contributed by atoms with Crippen LogP contribution in [0.2, 0.25) is 0 Å². The molecule has 21 heavy (non-hydrogen) atoms. The first-order valence-electron chi connectivity index (χ1n) is 6.63. The fourth-order valence-electron chi connectivity index (χ4n) is 2.41. The van der Waals surface area contributed by atoms with Gasteiger partial charge < -0.3 is 5.11 Å². The number of carbonyl (C=O) groups is 1. The smallest absolute Gasteiger partial charge is 0.307 e. The molecule has 6 heteroatoms. The SMILES string of the molecule is Cc1nn(Cc2nc3ccccc3s2)c(C)c1CC(=O)O. The van der Waals surface area contributed by atoms with Crippen LogP contribution in [-0.2, 0) is 17.8 Å². The van der Waals surface area contributed by atoms with Gasteiger partial charge in [-0.25, -0.2) is 4.98 Å². The van der Waals surface area contributed by atoms with Crippen molar-refractivity contribution < 1.29 is 9.90 Å². The maximum Gasteiger partial charge on any atom is 0.307 e. The first-order chi connectivity index (χ1) is 10.0. The molecule has 0 aliphatic carbocycles. The fraction of sp³-hybridized carbons (Fsp3) is 0.267. The maximum atomic E-state index is 10.9. The topological polar surface area (TPSA) is 68.0 Å². The van der Waals surface area contributed by atoms with Crippen LogP contribution in [0.4, 0.5) is 0 Å². The van der Waals surface area contributed by atoms with Gasteiger partial charge >= 0.3 is 5.97 Å². The molecule has 0 fully saturated rings. The van der Waals surface area contributed by atoms with E-state index in [9.17, 15) is 4.79 Å². The molecule has 0 spiro atoms. The lowest BCUT2D eigenvalue weighted by molar-refractivity contribution is -0.136. The predicted octanol–water partition coefficient (Wildman–Crippen LogP) is 2.79. The van der Waals surface area contributed by atoms with Crippen molar-refractivity contribution in [3.8, 4) is 0 Å². The van der Waals surface area contributed by atoms with E-state index >= 15 is 0 Å². The van der Waals surface area contributed by atoms with Crippen LogP contribution in [0.3, 0.4) is 0 Å². The number of rotatable bonds is 4. The number of benzene rings is 1. The molecule has 3 aromatic rings. The highest BCUT2D eigenvalue weighted by molar-refractivity contribution is 7.18. The van der Waals surface area contributed by atoms with Gasteiger partial charge in [0, 0.05) is 11.3 Å². The van der Waals surface area contributed by atoms with E-state index in [1.54, 1.807) is 11.3 Å². The monoisotopic (exact) mass is 301 g/mol. The number of aryl methyl sites for hydroxylation is 1. The van der Waals surface area contributed by atoms with E-state index in [0.717, 1.165) is 32.2 Å². The number of thiazole rings is 1. The summed E-state index contributed by atoms with van der Waals surface area (Å²) >= 11 is 1.64. The molecule has 0 radical (unpaired) electrons. The van der Waals surface area contributed by atoms with E-state index in [4.69, 9.17) is 5.11 Å². The third-order valence-corrected chi connectivity index (χ3v) is 4.50.